The summed E-state index contributed by atoms with van der Waals surface area (Å²) in [5.41, 5.74) is 2.52. The Morgan fingerprint density at radius 2 is 1.86 bits per heavy atom. The largest absolute Gasteiger partial charge is 0.444 e. The maximum absolute atomic E-state index is 6.18. The van der Waals surface area contributed by atoms with E-state index >= 15 is 0 Å². The summed E-state index contributed by atoms with van der Waals surface area (Å²) in [6, 6.07) is 15.2. The minimum Gasteiger partial charge on any atom is -0.444 e. The van der Waals surface area contributed by atoms with Crippen LogP contribution in [-0.2, 0) is 6.42 Å². The van der Waals surface area contributed by atoms with Crippen LogP contribution in [0.4, 0.5) is 11.6 Å². The van der Waals surface area contributed by atoms with E-state index in [2.05, 4.69) is 27.2 Å². The van der Waals surface area contributed by atoms with Crippen molar-refractivity contribution in [2.24, 2.45) is 0 Å². The van der Waals surface area contributed by atoms with E-state index in [4.69, 9.17) is 9.72 Å². The molecule has 0 atom stereocenters. The molecule has 0 bridgehead atoms. The first kappa shape index (κ1) is 18.1. The number of anilines is 2. The van der Waals surface area contributed by atoms with Crippen molar-refractivity contribution in [2.45, 2.75) is 20.3 Å². The highest BCUT2D eigenvalue weighted by molar-refractivity contribution is 7.14. The lowest BCUT2D eigenvalue weighted by Gasteiger charge is -2.08. The Bertz CT molecular complexity index is 1080. The fourth-order valence-corrected chi connectivity index (χ4v) is 3.50. The molecule has 140 valence electrons. The average Bonchev–Trinajstić information content (AvgIpc) is 3.12. The van der Waals surface area contributed by atoms with Crippen molar-refractivity contribution in [3.63, 3.8) is 0 Å². The van der Waals surface area contributed by atoms with E-state index in [-0.39, 0.29) is 0 Å². The van der Waals surface area contributed by atoms with Crippen LogP contribution in [0.3, 0.4) is 0 Å². The minimum absolute atomic E-state index is 0.659. The first-order valence-corrected chi connectivity index (χ1v) is 9.78. The van der Waals surface area contributed by atoms with Gasteiger partial charge in [0.25, 0.3) is 0 Å². The van der Waals surface area contributed by atoms with Crippen LogP contribution in [0.5, 0.6) is 10.8 Å². The maximum atomic E-state index is 6.18. The molecule has 1 N–H and O–H groups in total. The predicted molar refractivity (Wildman–Crippen MR) is 111 cm³/mol. The summed E-state index contributed by atoms with van der Waals surface area (Å²) in [7, 11) is 0. The second-order valence-electron chi connectivity index (χ2n) is 6.08. The smallest absolute Gasteiger partial charge is 0.210 e. The van der Waals surface area contributed by atoms with E-state index in [1.165, 1.54) is 11.3 Å². The topological polar surface area (TPSA) is 72.8 Å². The number of nitrogens with one attached hydrogen (secondary N) is 1. The highest BCUT2D eigenvalue weighted by Crippen LogP contribution is 2.38. The molecule has 0 unspecified atom stereocenters. The van der Waals surface area contributed by atoms with E-state index in [0.717, 1.165) is 39.4 Å². The quantitative estimate of drug-likeness (QED) is 0.476. The van der Waals surface area contributed by atoms with Crippen LogP contribution in [0.1, 0.15) is 17.6 Å². The van der Waals surface area contributed by atoms with Gasteiger partial charge in [0.1, 0.15) is 23.1 Å². The Hall–Kier alpha value is -3.32. The molecule has 0 saturated carbocycles. The Labute approximate surface area is 167 Å². The van der Waals surface area contributed by atoms with Gasteiger partial charge in [-0.05, 0) is 43.7 Å². The number of aromatic nitrogens is 4. The third-order valence-corrected chi connectivity index (χ3v) is 5.01. The average molecular weight is 389 g/mol. The lowest BCUT2D eigenvalue weighted by molar-refractivity contribution is 0.496. The number of pyridine rings is 3. The van der Waals surface area contributed by atoms with Crippen LogP contribution >= 0.6 is 11.3 Å². The molecule has 6 nitrogen and oxygen atoms in total. The van der Waals surface area contributed by atoms with Crippen LogP contribution in [0.15, 0.2) is 60.9 Å². The van der Waals surface area contributed by atoms with Gasteiger partial charge < -0.3 is 10.1 Å². The van der Waals surface area contributed by atoms with Gasteiger partial charge in [-0.2, -0.15) is 0 Å². The number of thiazole rings is 1. The molecule has 7 heteroatoms. The molecule has 4 rings (SSSR count). The third-order valence-electron chi connectivity index (χ3n) is 3.94. The van der Waals surface area contributed by atoms with Crippen molar-refractivity contribution in [1.29, 1.82) is 0 Å². The Balaban J connectivity index is 1.62. The molecule has 0 saturated heterocycles. The van der Waals surface area contributed by atoms with Crippen molar-refractivity contribution in [2.75, 3.05) is 5.32 Å². The van der Waals surface area contributed by atoms with Crippen LogP contribution < -0.4 is 10.1 Å². The van der Waals surface area contributed by atoms with E-state index in [1.54, 1.807) is 12.4 Å². The van der Waals surface area contributed by atoms with Gasteiger partial charge >= 0.3 is 0 Å². The molecule has 28 heavy (non-hydrogen) atoms. The van der Waals surface area contributed by atoms with E-state index in [9.17, 15) is 0 Å². The molecule has 0 aromatic carbocycles. The standard InChI is InChI=1S/C21H19N5OS/c1-3-19-26-20(16-8-6-7-14(2)24-16)21(28-19)27-15-10-12-23-18(13-15)25-17-9-4-5-11-22-17/h4-13H,3H2,1-2H3,(H,22,23,25). The molecule has 4 aromatic rings. The normalized spacial score (nSPS) is 10.6. The van der Waals surface area contributed by atoms with Gasteiger partial charge in [-0.15, -0.1) is 0 Å². The first-order valence-electron chi connectivity index (χ1n) is 8.97. The van der Waals surface area contributed by atoms with Gasteiger partial charge in [-0.3, -0.25) is 4.98 Å². The number of rotatable bonds is 6. The zero-order valence-electron chi connectivity index (χ0n) is 15.6. The van der Waals surface area contributed by atoms with Gasteiger partial charge in [-0.1, -0.05) is 30.4 Å². The monoisotopic (exact) mass is 389 g/mol. The highest BCUT2D eigenvalue weighted by atomic mass is 32.1. The fraction of sp³-hybridized carbons (Fsp3) is 0.143. The second-order valence-corrected chi connectivity index (χ2v) is 7.13. The van der Waals surface area contributed by atoms with E-state index < -0.39 is 0 Å². The van der Waals surface area contributed by atoms with Crippen LogP contribution in [0.25, 0.3) is 11.4 Å². The van der Waals surface area contributed by atoms with Gasteiger partial charge in [0.2, 0.25) is 5.06 Å². The lowest BCUT2D eigenvalue weighted by atomic mass is 10.2. The summed E-state index contributed by atoms with van der Waals surface area (Å²) < 4.78 is 6.18. The maximum Gasteiger partial charge on any atom is 0.210 e. The zero-order valence-corrected chi connectivity index (χ0v) is 16.4. The Morgan fingerprint density at radius 1 is 0.964 bits per heavy atom. The van der Waals surface area contributed by atoms with Crippen LogP contribution in [0.2, 0.25) is 0 Å². The summed E-state index contributed by atoms with van der Waals surface area (Å²) in [5, 5.41) is 4.91. The van der Waals surface area contributed by atoms with Crippen molar-refractivity contribution >= 4 is 23.0 Å². The number of hydrogen-bond acceptors (Lipinski definition) is 7. The van der Waals surface area contributed by atoms with E-state index in [1.807, 2.05) is 55.5 Å². The highest BCUT2D eigenvalue weighted by Gasteiger charge is 2.16. The molecule has 0 amide bonds. The van der Waals surface area contributed by atoms with Crippen LogP contribution in [0, 0.1) is 6.92 Å². The summed E-state index contributed by atoms with van der Waals surface area (Å²) >= 11 is 1.54. The first-order chi connectivity index (χ1) is 13.7. The summed E-state index contributed by atoms with van der Waals surface area (Å²) in [6.07, 6.45) is 4.27. The zero-order chi connectivity index (χ0) is 19.3. The fourth-order valence-electron chi connectivity index (χ4n) is 2.62. The minimum atomic E-state index is 0.659. The molecule has 0 fully saturated rings. The SMILES string of the molecule is CCc1nc(-c2cccc(C)n2)c(Oc2ccnc(Nc3ccccn3)c2)s1. The number of hydrogen-bond donors (Lipinski definition) is 1. The lowest BCUT2D eigenvalue weighted by Crippen LogP contribution is -1.96. The van der Waals surface area contributed by atoms with Gasteiger partial charge in [0.05, 0.1) is 10.7 Å². The number of nitrogens with zero attached hydrogens (tertiary/aromatic N) is 4. The summed E-state index contributed by atoms with van der Waals surface area (Å²) in [5.74, 6) is 2.06. The molecule has 0 aliphatic carbocycles. The Morgan fingerprint density at radius 3 is 2.64 bits per heavy atom. The summed E-state index contributed by atoms with van der Waals surface area (Å²) in [4.78, 5) is 17.9. The van der Waals surface area contributed by atoms with Crippen molar-refractivity contribution in [1.82, 2.24) is 19.9 Å². The molecule has 4 aromatic heterocycles. The van der Waals surface area contributed by atoms with Gasteiger partial charge in [0, 0.05) is 24.2 Å². The summed E-state index contributed by atoms with van der Waals surface area (Å²) in [6.45, 7) is 4.05. The second kappa shape index (κ2) is 8.14. The molecule has 0 radical (unpaired) electrons. The van der Waals surface area contributed by atoms with Crippen LogP contribution in [-0.4, -0.2) is 19.9 Å². The molecule has 0 spiro atoms. The molecule has 4 heterocycles. The van der Waals surface area contributed by atoms with Gasteiger partial charge in [0.15, 0.2) is 0 Å². The van der Waals surface area contributed by atoms with Crippen molar-refractivity contribution in [3.05, 3.63) is 71.6 Å². The third kappa shape index (κ3) is 4.15. The van der Waals surface area contributed by atoms with Crippen molar-refractivity contribution in [3.8, 4) is 22.2 Å². The van der Waals surface area contributed by atoms with Crippen molar-refractivity contribution < 1.29 is 4.74 Å². The molecule has 0 aliphatic rings. The van der Waals surface area contributed by atoms with Gasteiger partial charge in [-0.25, -0.2) is 15.0 Å². The molecular weight excluding hydrogens is 370 g/mol. The number of ether oxygens (including phenoxy) is 1. The predicted octanol–water partition coefficient (Wildman–Crippen LogP) is 5.40. The number of aryl methyl sites for hydroxylation is 2. The van der Waals surface area contributed by atoms with E-state index in [0.29, 0.717) is 11.6 Å². The molecule has 0 aliphatic heterocycles. The molecular formula is C21H19N5OS. The Kier molecular flexibility index (Phi) is 5.25.